The van der Waals surface area contributed by atoms with Crippen LogP contribution in [0.5, 0.6) is 0 Å². The van der Waals surface area contributed by atoms with Gasteiger partial charge in [0.15, 0.2) is 5.69 Å². The Morgan fingerprint density at radius 3 is 2.44 bits per heavy atom. The molecule has 3 rings (SSSR count). The molecule has 1 aromatic carbocycles. The Balaban J connectivity index is 1.97. The molecule has 146 valence electrons. The van der Waals surface area contributed by atoms with E-state index in [1.165, 1.54) is 30.4 Å². The van der Waals surface area contributed by atoms with Gasteiger partial charge in [-0.25, -0.2) is 4.68 Å². The normalized spacial score (nSPS) is 15.6. The zero-order valence-electron chi connectivity index (χ0n) is 16.6. The summed E-state index contributed by atoms with van der Waals surface area (Å²) in [6, 6.07) is 7.63. The monoisotopic (exact) mass is 369 g/mol. The first kappa shape index (κ1) is 19.6. The second-order valence-corrected chi connectivity index (χ2v) is 7.69. The Kier molecular flexibility index (Phi) is 6.64. The topological polar surface area (TPSA) is 55.2 Å². The smallest absolute Gasteiger partial charge is 0.274 e. The van der Waals surface area contributed by atoms with Crippen LogP contribution in [0.15, 0.2) is 29.1 Å². The predicted octanol–water partition coefficient (Wildman–Crippen LogP) is 4.38. The molecule has 0 aliphatic heterocycles. The molecule has 1 heterocycles. The Labute approximate surface area is 161 Å². The number of rotatable bonds is 6. The lowest BCUT2D eigenvalue weighted by atomic mass is 10.1. The molecule has 0 atom stereocenters. The van der Waals surface area contributed by atoms with E-state index in [4.69, 9.17) is 0 Å². The molecule has 0 unspecified atom stereocenters. The summed E-state index contributed by atoms with van der Waals surface area (Å²) in [5.41, 5.74) is 0.309. The predicted molar refractivity (Wildman–Crippen MR) is 109 cm³/mol. The van der Waals surface area contributed by atoms with Gasteiger partial charge in [0.05, 0.1) is 5.39 Å². The third kappa shape index (κ3) is 4.40. The van der Waals surface area contributed by atoms with Gasteiger partial charge < -0.3 is 4.90 Å². The summed E-state index contributed by atoms with van der Waals surface area (Å²) in [7, 11) is 1.89. The van der Waals surface area contributed by atoms with Crippen molar-refractivity contribution in [3.63, 3.8) is 0 Å². The minimum Gasteiger partial charge on any atom is -0.337 e. The van der Waals surface area contributed by atoms with Gasteiger partial charge in [-0.05, 0) is 25.3 Å². The molecular formula is C22H31N3O2. The summed E-state index contributed by atoms with van der Waals surface area (Å²) >= 11 is 0. The van der Waals surface area contributed by atoms with Gasteiger partial charge in [-0.3, -0.25) is 9.59 Å². The van der Waals surface area contributed by atoms with Crippen molar-refractivity contribution in [2.75, 3.05) is 7.05 Å². The molecule has 0 radical (unpaired) electrons. The van der Waals surface area contributed by atoms with Crippen molar-refractivity contribution >= 4 is 16.7 Å². The van der Waals surface area contributed by atoms with Crippen LogP contribution in [0.3, 0.4) is 0 Å². The molecule has 5 nitrogen and oxygen atoms in total. The lowest BCUT2D eigenvalue weighted by Crippen LogP contribution is -2.38. The van der Waals surface area contributed by atoms with E-state index in [1.807, 2.05) is 30.1 Å². The molecule has 5 heteroatoms. The standard InChI is InChI=1S/C22H31N3O2/c1-3-4-11-16-25-21(26)19-15-10-9-14-18(19)20(23-25)22(27)24(2)17-12-7-5-6-8-13-17/h9-10,14-15,17H,3-8,11-13,16H2,1-2H3. The summed E-state index contributed by atoms with van der Waals surface area (Å²) in [6.07, 6.45) is 9.98. The van der Waals surface area contributed by atoms with E-state index in [-0.39, 0.29) is 17.5 Å². The molecule has 0 spiro atoms. The van der Waals surface area contributed by atoms with Crippen molar-refractivity contribution in [2.45, 2.75) is 77.3 Å². The minimum atomic E-state index is -0.102. The molecular weight excluding hydrogens is 338 g/mol. The molecule has 0 bridgehead atoms. The van der Waals surface area contributed by atoms with Gasteiger partial charge in [-0.2, -0.15) is 5.10 Å². The molecule has 1 fully saturated rings. The molecule has 1 aliphatic rings. The Morgan fingerprint density at radius 1 is 1.11 bits per heavy atom. The van der Waals surface area contributed by atoms with Crippen LogP contribution in [0, 0.1) is 0 Å². The second-order valence-electron chi connectivity index (χ2n) is 7.69. The van der Waals surface area contributed by atoms with Crippen LogP contribution in [0.25, 0.3) is 10.8 Å². The van der Waals surface area contributed by atoms with Crippen LogP contribution < -0.4 is 5.56 Å². The fraction of sp³-hybridized carbons (Fsp3) is 0.591. The average molecular weight is 370 g/mol. The molecule has 1 saturated carbocycles. The highest BCUT2D eigenvalue weighted by Crippen LogP contribution is 2.23. The average Bonchev–Trinajstić information content (AvgIpc) is 2.98. The minimum absolute atomic E-state index is 0.0673. The number of fused-ring (bicyclic) bond motifs is 1. The van der Waals surface area contributed by atoms with Crippen molar-refractivity contribution in [3.05, 3.63) is 40.3 Å². The van der Waals surface area contributed by atoms with E-state index in [9.17, 15) is 9.59 Å². The Bertz CT molecular complexity index is 835. The van der Waals surface area contributed by atoms with Gasteiger partial charge in [0, 0.05) is 25.0 Å². The fourth-order valence-corrected chi connectivity index (χ4v) is 4.03. The van der Waals surface area contributed by atoms with Crippen molar-refractivity contribution in [1.82, 2.24) is 14.7 Å². The quantitative estimate of drug-likeness (QED) is 0.561. The van der Waals surface area contributed by atoms with E-state index in [2.05, 4.69) is 12.0 Å². The molecule has 0 N–H and O–H groups in total. The lowest BCUT2D eigenvalue weighted by Gasteiger charge is -2.27. The van der Waals surface area contributed by atoms with E-state index in [0.29, 0.717) is 23.0 Å². The number of unbranched alkanes of at least 4 members (excludes halogenated alkanes) is 2. The summed E-state index contributed by atoms with van der Waals surface area (Å²) in [5, 5.41) is 5.78. The van der Waals surface area contributed by atoms with Crippen LogP contribution in [0.2, 0.25) is 0 Å². The van der Waals surface area contributed by atoms with E-state index >= 15 is 0 Å². The van der Waals surface area contributed by atoms with E-state index in [1.54, 1.807) is 6.07 Å². The Hall–Kier alpha value is -2.17. The van der Waals surface area contributed by atoms with Gasteiger partial charge in [-0.15, -0.1) is 0 Å². The number of nitrogens with zero attached hydrogens (tertiary/aromatic N) is 3. The second kappa shape index (κ2) is 9.16. The molecule has 27 heavy (non-hydrogen) atoms. The maximum atomic E-state index is 13.3. The van der Waals surface area contributed by atoms with Crippen LogP contribution in [-0.2, 0) is 6.54 Å². The van der Waals surface area contributed by atoms with Gasteiger partial charge in [0.2, 0.25) is 0 Å². The number of aryl methyl sites for hydroxylation is 1. The van der Waals surface area contributed by atoms with Crippen LogP contribution in [0.4, 0.5) is 0 Å². The lowest BCUT2D eigenvalue weighted by molar-refractivity contribution is 0.0711. The van der Waals surface area contributed by atoms with Gasteiger partial charge >= 0.3 is 0 Å². The van der Waals surface area contributed by atoms with E-state index in [0.717, 1.165) is 32.1 Å². The first-order chi connectivity index (χ1) is 13.1. The number of carbonyl (C=O) groups is 1. The van der Waals surface area contributed by atoms with Crippen LogP contribution >= 0.6 is 0 Å². The summed E-state index contributed by atoms with van der Waals surface area (Å²) in [5.74, 6) is -0.0673. The highest BCUT2D eigenvalue weighted by molar-refractivity contribution is 6.04. The van der Waals surface area contributed by atoms with Gasteiger partial charge in [0.25, 0.3) is 11.5 Å². The summed E-state index contributed by atoms with van der Waals surface area (Å²) in [4.78, 5) is 28.0. The number of amides is 1. The maximum Gasteiger partial charge on any atom is 0.274 e. The molecule has 1 amide bonds. The van der Waals surface area contributed by atoms with Crippen LogP contribution in [-0.4, -0.2) is 33.7 Å². The number of benzene rings is 1. The molecule has 1 aliphatic carbocycles. The molecule has 1 aromatic heterocycles. The third-order valence-electron chi connectivity index (χ3n) is 5.74. The Morgan fingerprint density at radius 2 is 1.78 bits per heavy atom. The number of hydrogen-bond donors (Lipinski definition) is 0. The fourth-order valence-electron chi connectivity index (χ4n) is 4.03. The maximum absolute atomic E-state index is 13.3. The van der Waals surface area contributed by atoms with Crippen molar-refractivity contribution in [2.24, 2.45) is 0 Å². The zero-order valence-corrected chi connectivity index (χ0v) is 16.6. The highest BCUT2D eigenvalue weighted by Gasteiger charge is 2.25. The van der Waals surface area contributed by atoms with Crippen molar-refractivity contribution in [1.29, 1.82) is 0 Å². The highest BCUT2D eigenvalue weighted by atomic mass is 16.2. The molecule has 0 saturated heterocycles. The first-order valence-corrected chi connectivity index (χ1v) is 10.4. The van der Waals surface area contributed by atoms with E-state index < -0.39 is 0 Å². The van der Waals surface area contributed by atoms with Gasteiger partial charge in [-0.1, -0.05) is 63.6 Å². The zero-order chi connectivity index (χ0) is 19.2. The largest absolute Gasteiger partial charge is 0.337 e. The summed E-state index contributed by atoms with van der Waals surface area (Å²) in [6.45, 7) is 2.69. The number of hydrogen-bond acceptors (Lipinski definition) is 3. The molecule has 2 aromatic rings. The summed E-state index contributed by atoms with van der Waals surface area (Å²) < 4.78 is 1.49. The number of aromatic nitrogens is 2. The SMILES string of the molecule is CCCCCn1nc(C(=O)N(C)C2CCCCCC2)c2ccccc2c1=O. The van der Waals surface area contributed by atoms with Crippen molar-refractivity contribution in [3.8, 4) is 0 Å². The number of carbonyl (C=O) groups excluding carboxylic acids is 1. The van der Waals surface area contributed by atoms with Gasteiger partial charge in [0.1, 0.15) is 0 Å². The van der Waals surface area contributed by atoms with Crippen LogP contribution in [0.1, 0.15) is 75.2 Å². The van der Waals surface area contributed by atoms with Crippen molar-refractivity contribution < 1.29 is 4.79 Å². The third-order valence-corrected chi connectivity index (χ3v) is 5.74. The first-order valence-electron chi connectivity index (χ1n) is 10.4.